The van der Waals surface area contributed by atoms with E-state index in [0.29, 0.717) is 5.39 Å². The van der Waals surface area contributed by atoms with Gasteiger partial charge in [0.05, 0.1) is 12.1 Å². The second-order valence-electron chi connectivity index (χ2n) is 4.70. The summed E-state index contributed by atoms with van der Waals surface area (Å²) in [6.45, 7) is 0.191. The van der Waals surface area contributed by atoms with Crippen molar-refractivity contribution >= 4 is 22.5 Å². The number of hydrogen-bond acceptors (Lipinski definition) is 4. The zero-order chi connectivity index (χ0) is 16.2. The summed E-state index contributed by atoms with van der Waals surface area (Å²) >= 11 is 0. The van der Waals surface area contributed by atoms with Crippen molar-refractivity contribution < 1.29 is 9.90 Å². The van der Waals surface area contributed by atoms with Crippen molar-refractivity contribution in [2.45, 2.75) is 6.54 Å². The Bertz CT molecular complexity index is 936. The number of rotatable bonds is 3. The van der Waals surface area contributed by atoms with E-state index in [9.17, 15) is 9.90 Å². The predicted octanol–water partition coefficient (Wildman–Crippen LogP) is 3.30. The molecule has 112 valence electrons. The van der Waals surface area contributed by atoms with Crippen LogP contribution in [0.2, 0.25) is 0 Å². The summed E-state index contributed by atoms with van der Waals surface area (Å²) in [6, 6.07) is 12.2. The fraction of sp³-hybridized carbons (Fsp3) is 0.0588. The zero-order valence-corrected chi connectivity index (χ0v) is 12.0. The molecule has 0 atom stereocenters. The maximum Gasteiger partial charge on any atom is 0.313 e. The molecular formula is C17H12N4O2. The van der Waals surface area contributed by atoms with Gasteiger partial charge in [0.2, 0.25) is 5.88 Å². The van der Waals surface area contributed by atoms with E-state index < -0.39 is 5.91 Å². The topological polar surface area (TPSA) is 79.8 Å². The number of aromatic hydroxyl groups is 1. The Morgan fingerprint density at radius 2 is 2.04 bits per heavy atom. The molecule has 0 saturated carbocycles. The lowest BCUT2D eigenvalue weighted by atomic mass is 10.2. The van der Waals surface area contributed by atoms with E-state index in [1.807, 2.05) is 18.2 Å². The van der Waals surface area contributed by atoms with Gasteiger partial charge in [-0.15, -0.1) is 16.7 Å². The maximum atomic E-state index is 12.0. The Balaban J connectivity index is 2.04. The number of amides is 1. The number of fused-ring (bicyclic) bond motifs is 1. The molecule has 6 nitrogen and oxygen atoms in total. The lowest BCUT2D eigenvalue weighted by molar-refractivity contribution is 0.0990. The van der Waals surface area contributed by atoms with E-state index in [0.717, 1.165) is 5.52 Å². The van der Waals surface area contributed by atoms with Gasteiger partial charge in [0, 0.05) is 11.6 Å². The molecule has 2 aromatic heterocycles. The Hall–Kier alpha value is -3.46. The van der Waals surface area contributed by atoms with Gasteiger partial charge in [-0.05, 0) is 18.2 Å². The van der Waals surface area contributed by atoms with Crippen molar-refractivity contribution in [1.29, 1.82) is 0 Å². The Kier molecular flexibility index (Phi) is 3.85. The van der Waals surface area contributed by atoms with Crippen molar-refractivity contribution in [3.8, 4) is 18.2 Å². The van der Waals surface area contributed by atoms with E-state index in [1.54, 1.807) is 24.3 Å². The molecule has 2 heterocycles. The van der Waals surface area contributed by atoms with E-state index in [2.05, 4.69) is 21.1 Å². The van der Waals surface area contributed by atoms with Crippen molar-refractivity contribution in [3.05, 3.63) is 54.4 Å². The normalized spacial score (nSPS) is 10.9. The fourth-order valence-corrected chi connectivity index (χ4v) is 2.26. The molecule has 1 aromatic carbocycles. The number of para-hydroxylation sites is 1. The fourth-order valence-electron chi connectivity index (χ4n) is 2.26. The number of terminal acetylenes is 1. The number of aromatic nitrogens is 2. The summed E-state index contributed by atoms with van der Waals surface area (Å²) in [4.78, 5) is 15.9. The number of pyridine rings is 1. The van der Waals surface area contributed by atoms with Crippen LogP contribution in [-0.2, 0) is 6.54 Å². The SMILES string of the molecule is C#CCn1c(O)c(N=NC(=O)c2ccccn2)c2ccccc21. The minimum Gasteiger partial charge on any atom is -0.493 e. The minimum absolute atomic E-state index is 0.123. The molecule has 3 aromatic rings. The van der Waals surface area contributed by atoms with Crippen LogP contribution < -0.4 is 0 Å². The van der Waals surface area contributed by atoms with Crippen LogP contribution in [0.1, 0.15) is 10.5 Å². The monoisotopic (exact) mass is 304 g/mol. The van der Waals surface area contributed by atoms with E-state index in [1.165, 1.54) is 10.8 Å². The number of carbonyl (C=O) groups is 1. The molecule has 1 amide bonds. The van der Waals surface area contributed by atoms with E-state index in [-0.39, 0.29) is 23.8 Å². The highest BCUT2D eigenvalue weighted by atomic mass is 16.3. The van der Waals surface area contributed by atoms with Gasteiger partial charge in [0.1, 0.15) is 5.69 Å². The highest BCUT2D eigenvalue weighted by molar-refractivity contribution is 5.96. The van der Waals surface area contributed by atoms with Gasteiger partial charge >= 0.3 is 5.91 Å². The third kappa shape index (κ3) is 2.68. The second-order valence-corrected chi connectivity index (χ2v) is 4.70. The van der Waals surface area contributed by atoms with Gasteiger partial charge in [0.15, 0.2) is 5.69 Å². The molecule has 6 heteroatoms. The van der Waals surface area contributed by atoms with Crippen molar-refractivity contribution in [2.24, 2.45) is 10.2 Å². The molecule has 0 fully saturated rings. The molecule has 0 radical (unpaired) electrons. The molecule has 23 heavy (non-hydrogen) atoms. The van der Waals surface area contributed by atoms with Gasteiger partial charge in [-0.1, -0.05) is 30.2 Å². The minimum atomic E-state index is -0.584. The third-order valence-corrected chi connectivity index (χ3v) is 3.29. The third-order valence-electron chi connectivity index (χ3n) is 3.29. The Morgan fingerprint density at radius 3 is 2.78 bits per heavy atom. The van der Waals surface area contributed by atoms with Gasteiger partial charge in [-0.3, -0.25) is 14.3 Å². The number of hydrogen-bond donors (Lipinski definition) is 1. The highest BCUT2D eigenvalue weighted by Crippen LogP contribution is 2.38. The lowest BCUT2D eigenvalue weighted by Crippen LogP contribution is -1.96. The molecule has 0 unspecified atom stereocenters. The number of benzene rings is 1. The van der Waals surface area contributed by atoms with Gasteiger partial charge in [-0.25, -0.2) is 0 Å². The molecule has 0 aliphatic heterocycles. The van der Waals surface area contributed by atoms with Crippen LogP contribution in [0.5, 0.6) is 5.88 Å². The van der Waals surface area contributed by atoms with Crippen LogP contribution in [-0.4, -0.2) is 20.6 Å². The molecule has 3 rings (SSSR count). The molecule has 0 saturated heterocycles. The predicted molar refractivity (Wildman–Crippen MR) is 85.5 cm³/mol. The van der Waals surface area contributed by atoms with E-state index >= 15 is 0 Å². The molecule has 1 N–H and O–H groups in total. The summed E-state index contributed by atoms with van der Waals surface area (Å²) < 4.78 is 1.54. The summed E-state index contributed by atoms with van der Waals surface area (Å²) in [5.41, 5.74) is 1.12. The summed E-state index contributed by atoms with van der Waals surface area (Å²) in [5.74, 6) is 1.77. The van der Waals surface area contributed by atoms with Crippen LogP contribution in [0.15, 0.2) is 58.9 Å². The quantitative estimate of drug-likeness (QED) is 0.595. The second kappa shape index (κ2) is 6.12. The number of carbonyl (C=O) groups excluding carboxylic acids is 1. The van der Waals surface area contributed by atoms with Crippen LogP contribution in [0.4, 0.5) is 5.69 Å². The van der Waals surface area contributed by atoms with Gasteiger partial charge < -0.3 is 5.11 Å². The average Bonchev–Trinajstić information content (AvgIpc) is 2.86. The first-order chi connectivity index (χ1) is 11.2. The average molecular weight is 304 g/mol. The highest BCUT2D eigenvalue weighted by Gasteiger charge is 2.16. The van der Waals surface area contributed by atoms with Crippen LogP contribution >= 0.6 is 0 Å². The first kappa shape index (κ1) is 14.5. The number of azo groups is 1. The molecule has 0 bridgehead atoms. The smallest absolute Gasteiger partial charge is 0.313 e. The first-order valence-corrected chi connectivity index (χ1v) is 6.83. The van der Waals surface area contributed by atoms with Gasteiger partial charge in [-0.2, -0.15) is 0 Å². The zero-order valence-electron chi connectivity index (χ0n) is 12.0. The largest absolute Gasteiger partial charge is 0.493 e. The Labute approximate surface area is 132 Å². The molecule has 0 aliphatic rings. The molecule has 0 aliphatic carbocycles. The lowest BCUT2D eigenvalue weighted by Gasteiger charge is -2.00. The molecular weight excluding hydrogens is 292 g/mol. The van der Waals surface area contributed by atoms with Crippen LogP contribution in [0.3, 0.4) is 0 Å². The van der Waals surface area contributed by atoms with Crippen LogP contribution in [0, 0.1) is 12.3 Å². The number of nitrogens with zero attached hydrogens (tertiary/aromatic N) is 4. The summed E-state index contributed by atoms with van der Waals surface area (Å²) in [7, 11) is 0. The van der Waals surface area contributed by atoms with Crippen molar-refractivity contribution in [1.82, 2.24) is 9.55 Å². The van der Waals surface area contributed by atoms with Crippen molar-refractivity contribution in [2.75, 3.05) is 0 Å². The van der Waals surface area contributed by atoms with Crippen LogP contribution in [0.25, 0.3) is 10.9 Å². The Morgan fingerprint density at radius 1 is 1.26 bits per heavy atom. The maximum absolute atomic E-state index is 12.0. The summed E-state index contributed by atoms with van der Waals surface area (Å²) in [5, 5.41) is 18.5. The summed E-state index contributed by atoms with van der Waals surface area (Å²) in [6.07, 6.45) is 6.83. The first-order valence-electron chi connectivity index (χ1n) is 6.83. The standard InChI is InChI=1S/C17H12N4O2/c1-2-11-21-14-9-4-3-7-12(14)15(17(21)23)19-20-16(22)13-8-5-6-10-18-13/h1,3-10,23H,11H2. The van der Waals surface area contributed by atoms with E-state index in [4.69, 9.17) is 6.42 Å². The van der Waals surface area contributed by atoms with Crippen molar-refractivity contribution in [3.63, 3.8) is 0 Å². The molecule has 0 spiro atoms. The van der Waals surface area contributed by atoms with Gasteiger partial charge in [0.25, 0.3) is 0 Å².